The molecule has 0 radical (unpaired) electrons. The third-order valence-corrected chi connectivity index (χ3v) is 3.03. The van der Waals surface area contributed by atoms with E-state index >= 15 is 0 Å². The van der Waals surface area contributed by atoms with Crippen molar-refractivity contribution in [1.29, 1.82) is 0 Å². The van der Waals surface area contributed by atoms with Crippen molar-refractivity contribution in [3.05, 3.63) is 69.6 Å². The van der Waals surface area contributed by atoms with Gasteiger partial charge in [0.2, 0.25) is 0 Å². The molecule has 0 bridgehead atoms. The van der Waals surface area contributed by atoms with Crippen LogP contribution in [0.3, 0.4) is 0 Å². The van der Waals surface area contributed by atoms with Gasteiger partial charge in [-0.1, -0.05) is 18.2 Å². The summed E-state index contributed by atoms with van der Waals surface area (Å²) in [7, 11) is 0. The van der Waals surface area contributed by atoms with Gasteiger partial charge in [0.15, 0.2) is 0 Å². The van der Waals surface area contributed by atoms with Crippen LogP contribution in [0.1, 0.15) is 16.7 Å². The summed E-state index contributed by atoms with van der Waals surface area (Å²) in [6.45, 7) is 2.18. The van der Waals surface area contributed by atoms with Gasteiger partial charge in [0.25, 0.3) is 5.56 Å². The fraction of sp³-hybridized carbons (Fsp3) is 0.267. The number of rotatable bonds is 4. The van der Waals surface area contributed by atoms with Gasteiger partial charge in [-0.05, 0) is 36.6 Å². The number of halogens is 3. The Morgan fingerprint density at radius 2 is 1.95 bits per heavy atom. The second-order valence-corrected chi connectivity index (χ2v) is 4.77. The summed E-state index contributed by atoms with van der Waals surface area (Å²) in [5, 5.41) is 0. The molecule has 112 valence electrons. The first kappa shape index (κ1) is 15.2. The molecule has 1 aromatic carbocycles. The molecule has 0 aliphatic rings. The van der Waals surface area contributed by atoms with E-state index in [-0.39, 0.29) is 5.56 Å². The number of aryl methyl sites for hydroxylation is 1. The molecular formula is C15H15F3N2O. The maximum Gasteiger partial charge on any atom is 0.416 e. The van der Waals surface area contributed by atoms with Crippen LogP contribution in [0.4, 0.5) is 13.2 Å². The molecule has 1 aromatic heterocycles. The second kappa shape index (κ2) is 6.03. The number of nitrogens with one attached hydrogen (secondary N) is 1. The minimum absolute atomic E-state index is 0.195. The topological polar surface area (TPSA) is 34.0 Å². The average Bonchev–Trinajstić information content (AvgIpc) is 2.41. The molecule has 2 rings (SSSR count). The zero-order valence-corrected chi connectivity index (χ0v) is 11.4. The van der Waals surface area contributed by atoms with E-state index < -0.39 is 11.7 Å². The second-order valence-electron chi connectivity index (χ2n) is 4.77. The molecule has 0 aliphatic heterocycles. The van der Waals surface area contributed by atoms with Crippen LogP contribution < -0.4 is 11.0 Å². The number of nitrogens with zero attached hydrogens (tertiary/aromatic N) is 1. The van der Waals surface area contributed by atoms with Gasteiger partial charge < -0.3 is 5.43 Å². The third-order valence-electron chi connectivity index (χ3n) is 3.03. The van der Waals surface area contributed by atoms with Gasteiger partial charge in [-0.25, -0.2) is 4.68 Å². The summed E-state index contributed by atoms with van der Waals surface area (Å²) in [5.41, 5.74) is 3.44. The van der Waals surface area contributed by atoms with Crippen molar-refractivity contribution >= 4 is 0 Å². The molecule has 0 saturated carbocycles. The molecule has 0 amide bonds. The summed E-state index contributed by atoms with van der Waals surface area (Å²) < 4.78 is 39.1. The smallest absolute Gasteiger partial charge is 0.323 e. The first-order valence-electron chi connectivity index (χ1n) is 6.45. The Hall–Kier alpha value is -2.24. The molecule has 0 atom stereocenters. The Morgan fingerprint density at radius 1 is 1.19 bits per heavy atom. The van der Waals surface area contributed by atoms with Crippen LogP contribution in [0.15, 0.2) is 47.4 Å². The zero-order valence-electron chi connectivity index (χ0n) is 11.4. The molecule has 6 heteroatoms. The van der Waals surface area contributed by atoms with Crippen molar-refractivity contribution < 1.29 is 13.2 Å². The third kappa shape index (κ3) is 4.11. The van der Waals surface area contributed by atoms with Crippen LogP contribution in [-0.4, -0.2) is 11.2 Å². The van der Waals surface area contributed by atoms with E-state index in [0.717, 1.165) is 17.7 Å². The predicted octanol–water partition coefficient (Wildman–Crippen LogP) is 2.96. The van der Waals surface area contributed by atoms with Crippen LogP contribution in [0, 0.1) is 6.92 Å². The van der Waals surface area contributed by atoms with E-state index in [1.54, 1.807) is 18.3 Å². The predicted molar refractivity (Wildman–Crippen MR) is 74.8 cm³/mol. The van der Waals surface area contributed by atoms with E-state index in [4.69, 9.17) is 0 Å². The van der Waals surface area contributed by atoms with Crippen LogP contribution in [-0.2, 0) is 12.6 Å². The van der Waals surface area contributed by atoms with Crippen LogP contribution in [0.25, 0.3) is 0 Å². The van der Waals surface area contributed by atoms with E-state index in [9.17, 15) is 18.0 Å². The number of benzene rings is 1. The lowest BCUT2D eigenvalue weighted by Gasteiger charge is -2.11. The first-order chi connectivity index (χ1) is 9.86. The maximum atomic E-state index is 12.6. The highest BCUT2D eigenvalue weighted by Gasteiger charge is 2.30. The fourth-order valence-electron chi connectivity index (χ4n) is 1.93. The van der Waals surface area contributed by atoms with Crippen LogP contribution in [0.5, 0.6) is 0 Å². The minimum Gasteiger partial charge on any atom is -0.323 e. The number of pyridine rings is 1. The maximum absolute atomic E-state index is 12.6. The summed E-state index contributed by atoms with van der Waals surface area (Å²) >= 11 is 0. The average molecular weight is 296 g/mol. The Balaban J connectivity index is 1.99. The Bertz CT molecular complexity index is 677. The van der Waals surface area contributed by atoms with Gasteiger partial charge in [0.05, 0.1) is 5.56 Å². The molecule has 0 saturated heterocycles. The largest absolute Gasteiger partial charge is 0.416 e. The molecule has 0 fully saturated rings. The standard InChI is InChI=1S/C15H15F3N2O/c1-11-6-8-20(14(21)9-11)19-7-5-12-3-2-4-13(10-12)15(16,17)18/h2-4,6,8-10,19H,5,7H2,1H3. The number of aromatic nitrogens is 1. The van der Waals surface area contributed by atoms with Crippen LogP contribution in [0.2, 0.25) is 0 Å². The van der Waals surface area contributed by atoms with Gasteiger partial charge in [-0.15, -0.1) is 0 Å². The van der Waals surface area contributed by atoms with Crippen molar-refractivity contribution in [3.63, 3.8) is 0 Å². The van der Waals surface area contributed by atoms with Gasteiger partial charge in [0.1, 0.15) is 0 Å². The highest BCUT2D eigenvalue weighted by Crippen LogP contribution is 2.29. The number of alkyl halides is 3. The van der Waals surface area contributed by atoms with Crippen molar-refractivity contribution in [3.8, 4) is 0 Å². The highest BCUT2D eigenvalue weighted by atomic mass is 19.4. The minimum atomic E-state index is -4.34. The van der Waals surface area contributed by atoms with Crippen LogP contribution >= 0.6 is 0 Å². The Kier molecular flexibility index (Phi) is 4.35. The molecule has 3 nitrogen and oxygen atoms in total. The highest BCUT2D eigenvalue weighted by molar-refractivity contribution is 5.26. The monoisotopic (exact) mass is 296 g/mol. The lowest BCUT2D eigenvalue weighted by atomic mass is 10.1. The molecule has 2 aromatic rings. The van der Waals surface area contributed by atoms with E-state index in [1.165, 1.54) is 16.8 Å². The van der Waals surface area contributed by atoms with Gasteiger partial charge >= 0.3 is 6.18 Å². The van der Waals surface area contributed by atoms with Crippen molar-refractivity contribution in [2.24, 2.45) is 0 Å². The summed E-state index contributed by atoms with van der Waals surface area (Å²) in [5.74, 6) is 0. The molecule has 21 heavy (non-hydrogen) atoms. The van der Waals surface area contributed by atoms with Gasteiger partial charge in [0, 0.05) is 18.8 Å². The van der Waals surface area contributed by atoms with Crippen molar-refractivity contribution in [1.82, 2.24) is 4.68 Å². The normalized spacial score (nSPS) is 11.4. The number of hydrogen-bond acceptors (Lipinski definition) is 2. The Morgan fingerprint density at radius 3 is 2.62 bits per heavy atom. The molecular weight excluding hydrogens is 281 g/mol. The molecule has 0 aliphatic carbocycles. The first-order valence-corrected chi connectivity index (χ1v) is 6.45. The van der Waals surface area contributed by atoms with Crippen molar-refractivity contribution in [2.45, 2.75) is 19.5 Å². The quantitative estimate of drug-likeness (QED) is 0.941. The Labute approximate surface area is 120 Å². The molecule has 0 unspecified atom stereocenters. The molecule has 1 heterocycles. The summed E-state index contributed by atoms with van der Waals surface area (Å²) in [6, 6.07) is 8.45. The van der Waals surface area contributed by atoms with E-state index in [1.807, 2.05) is 6.92 Å². The van der Waals surface area contributed by atoms with E-state index in [0.29, 0.717) is 18.5 Å². The van der Waals surface area contributed by atoms with Gasteiger partial charge in [-0.3, -0.25) is 4.79 Å². The molecule has 1 N–H and O–H groups in total. The lowest BCUT2D eigenvalue weighted by molar-refractivity contribution is -0.137. The van der Waals surface area contributed by atoms with Gasteiger partial charge in [-0.2, -0.15) is 13.2 Å². The fourth-order valence-corrected chi connectivity index (χ4v) is 1.93. The van der Waals surface area contributed by atoms with Crippen molar-refractivity contribution in [2.75, 3.05) is 12.0 Å². The zero-order chi connectivity index (χ0) is 15.5. The molecule has 0 spiro atoms. The summed E-state index contributed by atoms with van der Waals surface area (Å²) in [6.07, 6.45) is -2.34. The van der Waals surface area contributed by atoms with E-state index in [2.05, 4.69) is 5.43 Å². The number of hydrogen-bond donors (Lipinski definition) is 1. The lowest BCUT2D eigenvalue weighted by Crippen LogP contribution is -2.29. The summed E-state index contributed by atoms with van der Waals surface area (Å²) in [4.78, 5) is 11.6. The SMILES string of the molecule is Cc1ccn(NCCc2cccc(C(F)(F)F)c2)c(=O)c1.